The molecule has 0 bridgehead atoms. The Hall–Kier alpha value is -1.82. The average Bonchev–Trinajstić information content (AvgIpc) is 3.19. The van der Waals surface area contributed by atoms with Crippen molar-refractivity contribution in [3.8, 4) is 6.07 Å². The van der Waals surface area contributed by atoms with Gasteiger partial charge in [-0.2, -0.15) is 5.26 Å². The zero-order valence-electron chi connectivity index (χ0n) is 10.9. The molecule has 0 spiro atoms. The summed E-state index contributed by atoms with van der Waals surface area (Å²) in [6.07, 6.45) is 2.07. The van der Waals surface area contributed by atoms with Crippen LogP contribution in [0.2, 0.25) is 0 Å². The summed E-state index contributed by atoms with van der Waals surface area (Å²) < 4.78 is 0. The first kappa shape index (κ1) is 12.6. The van der Waals surface area contributed by atoms with Gasteiger partial charge in [0, 0.05) is 18.5 Å². The molecule has 0 aliphatic heterocycles. The van der Waals surface area contributed by atoms with E-state index in [4.69, 9.17) is 5.26 Å². The number of amides is 1. The monoisotopic (exact) mass is 242 g/mol. The second-order valence-corrected chi connectivity index (χ2v) is 5.14. The van der Waals surface area contributed by atoms with Gasteiger partial charge in [0.1, 0.15) is 0 Å². The summed E-state index contributed by atoms with van der Waals surface area (Å²) in [6.45, 7) is 4.73. The molecule has 1 aromatic rings. The second kappa shape index (κ2) is 5.22. The molecule has 1 aliphatic carbocycles. The molecule has 3 nitrogen and oxygen atoms in total. The van der Waals surface area contributed by atoms with Gasteiger partial charge in [-0.1, -0.05) is 12.1 Å². The fraction of sp³-hybridized carbons (Fsp3) is 0.467. The first-order valence-electron chi connectivity index (χ1n) is 6.41. The van der Waals surface area contributed by atoms with Gasteiger partial charge in [-0.3, -0.25) is 4.79 Å². The molecule has 0 N–H and O–H groups in total. The lowest BCUT2D eigenvalue weighted by Gasteiger charge is -2.27. The van der Waals surface area contributed by atoms with Crippen LogP contribution in [0, 0.1) is 17.2 Å². The Bertz CT molecular complexity index is 466. The quantitative estimate of drug-likeness (QED) is 0.814. The van der Waals surface area contributed by atoms with E-state index in [1.807, 2.05) is 30.9 Å². The Morgan fingerprint density at radius 2 is 2.00 bits per heavy atom. The summed E-state index contributed by atoms with van der Waals surface area (Å²) >= 11 is 0. The maximum absolute atomic E-state index is 12.1. The van der Waals surface area contributed by atoms with Crippen molar-refractivity contribution in [2.24, 2.45) is 5.92 Å². The van der Waals surface area contributed by atoms with E-state index in [0.29, 0.717) is 12.1 Å². The van der Waals surface area contributed by atoms with Gasteiger partial charge < -0.3 is 4.90 Å². The summed E-state index contributed by atoms with van der Waals surface area (Å²) in [5.41, 5.74) is 1.74. The minimum Gasteiger partial charge on any atom is -0.336 e. The molecule has 1 aliphatic rings. The van der Waals surface area contributed by atoms with Gasteiger partial charge in [-0.25, -0.2) is 0 Å². The van der Waals surface area contributed by atoms with Crippen LogP contribution >= 0.6 is 0 Å². The van der Waals surface area contributed by atoms with Crippen LogP contribution in [-0.4, -0.2) is 16.8 Å². The lowest BCUT2D eigenvalue weighted by molar-refractivity contribution is -0.134. The number of hydrogen-bond donors (Lipinski definition) is 0. The number of benzene rings is 1. The largest absolute Gasteiger partial charge is 0.336 e. The van der Waals surface area contributed by atoms with Crippen LogP contribution in [0.5, 0.6) is 0 Å². The maximum atomic E-state index is 12.1. The Kier molecular flexibility index (Phi) is 3.66. The average molecular weight is 242 g/mol. The SMILES string of the molecule is CC(C)N(Cc1ccc(C#N)cc1)C(=O)C1CC1. The van der Waals surface area contributed by atoms with Gasteiger partial charge >= 0.3 is 0 Å². The number of carbonyl (C=O) groups excluding carboxylic acids is 1. The van der Waals surface area contributed by atoms with Crippen LogP contribution in [0.3, 0.4) is 0 Å². The fourth-order valence-electron chi connectivity index (χ4n) is 1.96. The Balaban J connectivity index is 2.08. The molecule has 0 aromatic heterocycles. The van der Waals surface area contributed by atoms with Crippen LogP contribution in [0.1, 0.15) is 37.8 Å². The van der Waals surface area contributed by atoms with Gasteiger partial charge in [0.15, 0.2) is 0 Å². The smallest absolute Gasteiger partial charge is 0.226 e. The molecule has 1 fully saturated rings. The predicted octanol–water partition coefficient (Wildman–Crippen LogP) is 2.71. The van der Waals surface area contributed by atoms with Crippen molar-refractivity contribution in [1.82, 2.24) is 4.90 Å². The van der Waals surface area contributed by atoms with Crippen LogP contribution < -0.4 is 0 Å². The van der Waals surface area contributed by atoms with Gasteiger partial charge in [0.25, 0.3) is 0 Å². The first-order chi connectivity index (χ1) is 8.61. The van der Waals surface area contributed by atoms with Crippen molar-refractivity contribution in [3.05, 3.63) is 35.4 Å². The molecule has 0 heterocycles. The van der Waals surface area contributed by atoms with Crippen molar-refractivity contribution in [3.63, 3.8) is 0 Å². The molecule has 2 rings (SSSR count). The molecule has 0 saturated heterocycles. The number of nitrogens with zero attached hydrogens (tertiary/aromatic N) is 2. The fourth-order valence-corrected chi connectivity index (χ4v) is 1.96. The van der Waals surface area contributed by atoms with E-state index in [1.54, 1.807) is 12.1 Å². The molecule has 18 heavy (non-hydrogen) atoms. The third kappa shape index (κ3) is 2.89. The first-order valence-corrected chi connectivity index (χ1v) is 6.41. The van der Waals surface area contributed by atoms with Crippen molar-refractivity contribution < 1.29 is 4.79 Å². The highest BCUT2D eigenvalue weighted by Crippen LogP contribution is 2.32. The van der Waals surface area contributed by atoms with Crippen molar-refractivity contribution in [2.45, 2.75) is 39.3 Å². The van der Waals surface area contributed by atoms with E-state index in [2.05, 4.69) is 6.07 Å². The topological polar surface area (TPSA) is 44.1 Å². The minimum absolute atomic E-state index is 0.216. The summed E-state index contributed by atoms with van der Waals surface area (Å²) in [4.78, 5) is 14.1. The van der Waals surface area contributed by atoms with Gasteiger partial charge in [0.05, 0.1) is 11.6 Å². The van der Waals surface area contributed by atoms with E-state index < -0.39 is 0 Å². The Morgan fingerprint density at radius 3 is 2.44 bits per heavy atom. The zero-order chi connectivity index (χ0) is 13.1. The van der Waals surface area contributed by atoms with Gasteiger partial charge in [-0.05, 0) is 44.4 Å². The molecule has 0 unspecified atom stereocenters. The molecular weight excluding hydrogens is 224 g/mol. The normalized spacial score (nSPS) is 14.3. The maximum Gasteiger partial charge on any atom is 0.226 e. The molecule has 1 aromatic carbocycles. The highest BCUT2D eigenvalue weighted by atomic mass is 16.2. The highest BCUT2D eigenvalue weighted by Gasteiger charge is 2.34. The molecule has 0 atom stereocenters. The number of rotatable bonds is 4. The summed E-state index contributed by atoms with van der Waals surface area (Å²) in [5.74, 6) is 0.528. The summed E-state index contributed by atoms with van der Waals surface area (Å²) in [5, 5.41) is 8.75. The Morgan fingerprint density at radius 1 is 1.39 bits per heavy atom. The third-order valence-electron chi connectivity index (χ3n) is 3.27. The van der Waals surface area contributed by atoms with Crippen LogP contribution in [-0.2, 0) is 11.3 Å². The molecule has 3 heteroatoms. The van der Waals surface area contributed by atoms with E-state index in [9.17, 15) is 4.79 Å². The van der Waals surface area contributed by atoms with Crippen LogP contribution in [0.15, 0.2) is 24.3 Å². The van der Waals surface area contributed by atoms with E-state index in [1.165, 1.54) is 0 Å². The molecule has 1 saturated carbocycles. The Labute approximate surface area is 108 Å². The van der Waals surface area contributed by atoms with Crippen molar-refractivity contribution in [1.29, 1.82) is 5.26 Å². The molecular formula is C15H18N2O. The highest BCUT2D eigenvalue weighted by molar-refractivity contribution is 5.81. The van der Waals surface area contributed by atoms with E-state index in [-0.39, 0.29) is 17.9 Å². The summed E-state index contributed by atoms with van der Waals surface area (Å²) in [7, 11) is 0. The molecule has 94 valence electrons. The van der Waals surface area contributed by atoms with Gasteiger partial charge in [-0.15, -0.1) is 0 Å². The second-order valence-electron chi connectivity index (χ2n) is 5.14. The van der Waals surface area contributed by atoms with Crippen LogP contribution in [0.25, 0.3) is 0 Å². The lowest BCUT2D eigenvalue weighted by Crippen LogP contribution is -2.37. The molecule has 0 radical (unpaired) electrons. The number of hydrogen-bond acceptors (Lipinski definition) is 2. The number of carbonyl (C=O) groups is 1. The van der Waals surface area contributed by atoms with Crippen LogP contribution in [0.4, 0.5) is 0 Å². The van der Waals surface area contributed by atoms with Gasteiger partial charge in [0.2, 0.25) is 5.91 Å². The standard InChI is InChI=1S/C15H18N2O/c1-11(2)17(15(18)14-7-8-14)10-13-5-3-12(9-16)4-6-13/h3-6,11,14H,7-8,10H2,1-2H3. The molecule has 1 amide bonds. The predicted molar refractivity (Wildman–Crippen MR) is 69.6 cm³/mol. The van der Waals surface area contributed by atoms with E-state index in [0.717, 1.165) is 18.4 Å². The summed E-state index contributed by atoms with van der Waals surface area (Å²) in [6, 6.07) is 9.77. The number of nitriles is 1. The van der Waals surface area contributed by atoms with Crippen molar-refractivity contribution in [2.75, 3.05) is 0 Å². The minimum atomic E-state index is 0.216. The third-order valence-corrected chi connectivity index (χ3v) is 3.27. The zero-order valence-corrected chi connectivity index (χ0v) is 10.9. The van der Waals surface area contributed by atoms with E-state index >= 15 is 0 Å². The lowest BCUT2D eigenvalue weighted by atomic mass is 10.1. The van der Waals surface area contributed by atoms with Crippen molar-refractivity contribution >= 4 is 5.91 Å².